The molecule has 1 fully saturated rings. The van der Waals surface area contributed by atoms with E-state index in [0.29, 0.717) is 25.4 Å². The van der Waals surface area contributed by atoms with Crippen molar-refractivity contribution < 1.29 is 9.21 Å². The summed E-state index contributed by atoms with van der Waals surface area (Å²) >= 11 is 1.64. The van der Waals surface area contributed by atoms with Crippen molar-refractivity contribution in [3.63, 3.8) is 0 Å². The molecular weight excluding hydrogens is 453 g/mol. The molecular formula is C16H22IN5O2S. The number of piperazine rings is 1. The molecule has 2 aromatic rings. The topological polar surface area (TPSA) is 74.0 Å². The largest absolute Gasteiger partial charge is 0.459 e. The van der Waals surface area contributed by atoms with E-state index in [2.05, 4.69) is 20.2 Å². The summed E-state index contributed by atoms with van der Waals surface area (Å²) in [6.07, 6.45) is 1.52. The quantitative estimate of drug-likeness (QED) is 0.419. The van der Waals surface area contributed by atoms with Gasteiger partial charge in [0, 0.05) is 38.1 Å². The zero-order chi connectivity index (χ0) is 16.9. The zero-order valence-corrected chi connectivity index (χ0v) is 17.4. The summed E-state index contributed by atoms with van der Waals surface area (Å²) in [4.78, 5) is 26.1. The monoisotopic (exact) mass is 475 g/mol. The van der Waals surface area contributed by atoms with Crippen LogP contribution in [-0.4, -0.2) is 59.9 Å². The number of halogens is 1. The van der Waals surface area contributed by atoms with Gasteiger partial charge < -0.3 is 19.5 Å². The third kappa shape index (κ3) is 4.72. The minimum atomic E-state index is -0.0529. The predicted molar refractivity (Wildman–Crippen MR) is 109 cm³/mol. The molecule has 1 saturated heterocycles. The number of furan rings is 1. The summed E-state index contributed by atoms with van der Waals surface area (Å²) in [7, 11) is 1.78. The Hall–Kier alpha value is -1.62. The van der Waals surface area contributed by atoms with E-state index in [1.54, 1.807) is 30.5 Å². The van der Waals surface area contributed by atoms with Crippen molar-refractivity contribution in [2.45, 2.75) is 13.5 Å². The maximum Gasteiger partial charge on any atom is 0.289 e. The lowest BCUT2D eigenvalue weighted by atomic mass is 10.3. The molecule has 1 aliphatic heterocycles. The Morgan fingerprint density at radius 1 is 1.36 bits per heavy atom. The Morgan fingerprint density at radius 2 is 2.08 bits per heavy atom. The highest BCUT2D eigenvalue weighted by atomic mass is 127. The van der Waals surface area contributed by atoms with Crippen LogP contribution >= 0.6 is 35.3 Å². The van der Waals surface area contributed by atoms with Gasteiger partial charge in [-0.3, -0.25) is 9.79 Å². The van der Waals surface area contributed by atoms with Crippen LogP contribution in [0.1, 0.15) is 21.1 Å². The minimum Gasteiger partial charge on any atom is -0.459 e. The SMILES string of the molecule is CN=C(NCc1scnc1C)N1CCN(C(=O)c2ccco2)CC1.I. The zero-order valence-electron chi connectivity index (χ0n) is 14.3. The number of hydrogen-bond acceptors (Lipinski definition) is 5. The van der Waals surface area contributed by atoms with E-state index >= 15 is 0 Å². The molecule has 1 amide bonds. The van der Waals surface area contributed by atoms with Gasteiger partial charge in [0.1, 0.15) is 0 Å². The third-order valence-corrected chi connectivity index (χ3v) is 5.00. The molecule has 136 valence electrons. The van der Waals surface area contributed by atoms with E-state index in [-0.39, 0.29) is 29.9 Å². The van der Waals surface area contributed by atoms with Gasteiger partial charge in [-0.25, -0.2) is 4.98 Å². The van der Waals surface area contributed by atoms with Crippen LogP contribution in [0.5, 0.6) is 0 Å². The van der Waals surface area contributed by atoms with Gasteiger partial charge in [0.25, 0.3) is 5.91 Å². The van der Waals surface area contributed by atoms with E-state index in [9.17, 15) is 4.79 Å². The van der Waals surface area contributed by atoms with Crippen LogP contribution in [0.2, 0.25) is 0 Å². The highest BCUT2D eigenvalue weighted by Gasteiger charge is 2.25. The first kappa shape index (κ1) is 19.7. The number of aryl methyl sites for hydroxylation is 1. The van der Waals surface area contributed by atoms with Gasteiger partial charge >= 0.3 is 0 Å². The smallest absolute Gasteiger partial charge is 0.289 e. The van der Waals surface area contributed by atoms with E-state index in [1.165, 1.54) is 11.1 Å². The van der Waals surface area contributed by atoms with Gasteiger partial charge in [-0.1, -0.05) is 0 Å². The maximum atomic E-state index is 12.3. The van der Waals surface area contributed by atoms with Crippen molar-refractivity contribution in [1.29, 1.82) is 0 Å². The van der Waals surface area contributed by atoms with Crippen molar-refractivity contribution in [2.24, 2.45) is 4.99 Å². The van der Waals surface area contributed by atoms with E-state index in [4.69, 9.17) is 4.42 Å². The van der Waals surface area contributed by atoms with Crippen LogP contribution in [0.3, 0.4) is 0 Å². The second kappa shape index (κ2) is 9.18. The average Bonchev–Trinajstić information content (AvgIpc) is 3.27. The van der Waals surface area contributed by atoms with Gasteiger partial charge in [-0.2, -0.15) is 0 Å². The maximum absolute atomic E-state index is 12.3. The molecule has 0 aliphatic carbocycles. The van der Waals surface area contributed by atoms with Crippen molar-refractivity contribution >= 4 is 47.2 Å². The van der Waals surface area contributed by atoms with E-state index in [1.807, 2.05) is 17.3 Å². The van der Waals surface area contributed by atoms with Crippen LogP contribution in [0.4, 0.5) is 0 Å². The van der Waals surface area contributed by atoms with Crippen molar-refractivity contribution in [1.82, 2.24) is 20.1 Å². The molecule has 0 spiro atoms. The second-order valence-electron chi connectivity index (χ2n) is 5.52. The summed E-state index contributed by atoms with van der Waals surface area (Å²) in [5.74, 6) is 1.20. The molecule has 1 N–H and O–H groups in total. The van der Waals surface area contributed by atoms with E-state index in [0.717, 1.165) is 24.7 Å². The molecule has 25 heavy (non-hydrogen) atoms. The number of guanidine groups is 1. The third-order valence-electron chi connectivity index (χ3n) is 4.06. The fourth-order valence-corrected chi connectivity index (χ4v) is 3.38. The molecule has 0 atom stereocenters. The van der Waals surface area contributed by atoms with Crippen molar-refractivity contribution in [3.05, 3.63) is 40.2 Å². The van der Waals surface area contributed by atoms with Gasteiger partial charge in [-0.15, -0.1) is 35.3 Å². The molecule has 3 rings (SSSR count). The highest BCUT2D eigenvalue weighted by Crippen LogP contribution is 2.12. The second-order valence-corrected chi connectivity index (χ2v) is 6.46. The molecule has 0 aromatic carbocycles. The number of nitrogens with zero attached hydrogens (tertiary/aromatic N) is 4. The summed E-state index contributed by atoms with van der Waals surface area (Å²) in [5.41, 5.74) is 2.91. The Kier molecular flexibility index (Phi) is 7.24. The molecule has 3 heterocycles. The average molecular weight is 475 g/mol. The Labute approximate surface area is 168 Å². The number of hydrogen-bond donors (Lipinski definition) is 1. The summed E-state index contributed by atoms with van der Waals surface area (Å²) < 4.78 is 5.19. The number of thiazole rings is 1. The van der Waals surface area contributed by atoms with Crippen LogP contribution in [0.25, 0.3) is 0 Å². The number of aliphatic imine (C=N–C) groups is 1. The van der Waals surface area contributed by atoms with Gasteiger partial charge in [-0.05, 0) is 19.1 Å². The molecule has 0 bridgehead atoms. The normalized spacial score (nSPS) is 15.0. The Balaban J connectivity index is 0.00000225. The minimum absolute atomic E-state index is 0. The lowest BCUT2D eigenvalue weighted by Crippen LogP contribution is -2.53. The first-order valence-corrected chi connectivity index (χ1v) is 8.74. The highest BCUT2D eigenvalue weighted by molar-refractivity contribution is 14.0. The fraction of sp³-hybridized carbons (Fsp3) is 0.438. The lowest BCUT2D eigenvalue weighted by molar-refractivity contribution is 0.0657. The summed E-state index contributed by atoms with van der Waals surface area (Å²) in [5, 5.41) is 3.38. The number of aromatic nitrogens is 1. The molecule has 0 radical (unpaired) electrons. The Bertz CT molecular complexity index is 708. The first-order valence-electron chi connectivity index (χ1n) is 7.86. The van der Waals surface area contributed by atoms with Crippen molar-refractivity contribution in [3.8, 4) is 0 Å². The van der Waals surface area contributed by atoms with Crippen LogP contribution in [-0.2, 0) is 6.54 Å². The van der Waals surface area contributed by atoms with Crippen LogP contribution in [0, 0.1) is 6.92 Å². The molecule has 0 unspecified atom stereocenters. The van der Waals surface area contributed by atoms with E-state index < -0.39 is 0 Å². The summed E-state index contributed by atoms with van der Waals surface area (Å²) in [6.45, 7) is 5.52. The molecule has 1 aliphatic rings. The standard InChI is InChI=1S/C16H21N5O2S.HI/c1-12-14(24-11-19-12)10-18-16(17-2)21-7-5-20(6-8-21)15(22)13-4-3-9-23-13;/h3-4,9,11H,5-8,10H2,1-2H3,(H,17,18);1H. The summed E-state index contributed by atoms with van der Waals surface area (Å²) in [6, 6.07) is 3.43. The number of amides is 1. The van der Waals surface area contributed by atoms with Gasteiger partial charge in [0.2, 0.25) is 0 Å². The molecule has 7 nitrogen and oxygen atoms in total. The van der Waals surface area contributed by atoms with Gasteiger partial charge in [0.05, 0.1) is 24.0 Å². The Morgan fingerprint density at radius 3 is 2.64 bits per heavy atom. The van der Waals surface area contributed by atoms with Crippen LogP contribution < -0.4 is 5.32 Å². The predicted octanol–water partition coefficient (Wildman–Crippen LogP) is 2.20. The number of rotatable bonds is 3. The molecule has 2 aromatic heterocycles. The molecule has 9 heteroatoms. The van der Waals surface area contributed by atoms with Crippen molar-refractivity contribution in [2.75, 3.05) is 33.2 Å². The number of carbonyl (C=O) groups excluding carboxylic acids is 1. The lowest BCUT2D eigenvalue weighted by Gasteiger charge is -2.36. The first-order chi connectivity index (χ1) is 11.7. The number of nitrogens with one attached hydrogen (secondary N) is 1. The van der Waals surface area contributed by atoms with Crippen LogP contribution in [0.15, 0.2) is 33.3 Å². The number of carbonyl (C=O) groups is 1. The molecule has 0 saturated carbocycles. The fourth-order valence-electron chi connectivity index (χ4n) is 2.66. The van der Waals surface area contributed by atoms with Gasteiger partial charge in [0.15, 0.2) is 11.7 Å².